The molecule has 49 heavy (non-hydrogen) atoms. The molecule has 0 saturated carbocycles. The molecule has 0 saturated heterocycles. The van der Waals surface area contributed by atoms with Gasteiger partial charge in [-0.3, -0.25) is 18.6 Å². The molecule has 0 spiro atoms. The van der Waals surface area contributed by atoms with E-state index >= 15 is 0 Å². The summed E-state index contributed by atoms with van der Waals surface area (Å²) in [6.45, 7) is 2.35. The summed E-state index contributed by atoms with van der Waals surface area (Å²) >= 11 is 0. The van der Waals surface area contributed by atoms with Crippen molar-refractivity contribution >= 4 is 19.8 Å². The van der Waals surface area contributed by atoms with Gasteiger partial charge in [0.05, 0.1) is 19.8 Å². The zero-order valence-electron chi connectivity index (χ0n) is 31.2. The van der Waals surface area contributed by atoms with Gasteiger partial charge in [-0.15, -0.1) is 0 Å². The van der Waals surface area contributed by atoms with Gasteiger partial charge in [-0.25, -0.2) is 4.57 Å². The van der Waals surface area contributed by atoms with Crippen LogP contribution in [-0.4, -0.2) is 65.7 Å². The van der Waals surface area contributed by atoms with Gasteiger partial charge in [0.1, 0.15) is 12.7 Å². The molecule has 0 aromatic heterocycles. The maximum atomic E-state index is 12.5. The average molecular weight is 721 g/mol. The summed E-state index contributed by atoms with van der Waals surface area (Å²) in [4.78, 5) is 34.8. The third kappa shape index (κ3) is 34.9. The minimum Gasteiger partial charge on any atom is -0.462 e. The summed E-state index contributed by atoms with van der Waals surface area (Å²) in [5, 5.41) is 18.3. The number of allylic oxidation sites excluding steroid dienone is 2. The fourth-order valence-corrected chi connectivity index (χ4v) is 6.13. The van der Waals surface area contributed by atoms with Crippen molar-refractivity contribution in [1.82, 2.24) is 0 Å². The number of hydrogen-bond donors (Lipinski definition) is 3. The summed E-state index contributed by atoms with van der Waals surface area (Å²) in [5.41, 5.74) is 0. The monoisotopic (exact) mass is 720 g/mol. The number of carbonyl (C=O) groups excluding carboxylic acids is 2. The van der Waals surface area contributed by atoms with Crippen LogP contribution in [0.5, 0.6) is 0 Å². The average Bonchev–Trinajstić information content (AvgIpc) is 3.09. The molecule has 0 radical (unpaired) electrons. The van der Waals surface area contributed by atoms with Crippen LogP contribution in [0.4, 0.5) is 0 Å². The van der Waals surface area contributed by atoms with E-state index in [0.717, 1.165) is 51.4 Å². The van der Waals surface area contributed by atoms with E-state index in [2.05, 4.69) is 30.5 Å². The third-order valence-corrected chi connectivity index (χ3v) is 9.37. The molecule has 3 atom stereocenters. The van der Waals surface area contributed by atoms with Gasteiger partial charge >= 0.3 is 19.8 Å². The second kappa shape index (κ2) is 35.1. The topological polar surface area (TPSA) is 149 Å². The normalized spacial score (nSPS) is 14.1. The molecule has 1 unspecified atom stereocenters. The summed E-state index contributed by atoms with van der Waals surface area (Å²) in [6.07, 6.45) is 30.4. The Morgan fingerprint density at radius 1 is 0.592 bits per heavy atom. The molecule has 0 aromatic carbocycles. The Morgan fingerprint density at radius 2 is 1.00 bits per heavy atom. The SMILES string of the molecule is CCCCCCCC/C=C\CCCCCCCC(=O)OC[C@H](COP(=O)(O)OC[C@@H](O)CO)OC(=O)CCCCCCCCCCCCC. The van der Waals surface area contributed by atoms with Gasteiger partial charge in [0.25, 0.3) is 0 Å². The molecule has 0 aliphatic carbocycles. The largest absolute Gasteiger partial charge is 0.472 e. The Hall–Kier alpha value is -1.29. The molecule has 0 aliphatic heterocycles. The van der Waals surface area contributed by atoms with Crippen molar-refractivity contribution in [3.05, 3.63) is 12.2 Å². The second-order valence-electron chi connectivity index (χ2n) is 13.3. The maximum absolute atomic E-state index is 12.5. The second-order valence-corrected chi connectivity index (χ2v) is 14.8. The van der Waals surface area contributed by atoms with Crippen LogP contribution >= 0.6 is 7.82 Å². The number of rotatable bonds is 37. The molecule has 0 fully saturated rings. The highest BCUT2D eigenvalue weighted by molar-refractivity contribution is 7.47. The van der Waals surface area contributed by atoms with Gasteiger partial charge in [-0.2, -0.15) is 0 Å². The van der Waals surface area contributed by atoms with Crippen molar-refractivity contribution in [2.24, 2.45) is 0 Å². The lowest BCUT2D eigenvalue weighted by Gasteiger charge is -2.20. The van der Waals surface area contributed by atoms with Crippen LogP contribution in [0.3, 0.4) is 0 Å². The molecule has 0 bridgehead atoms. The minimum atomic E-state index is -4.61. The van der Waals surface area contributed by atoms with Gasteiger partial charge in [-0.05, 0) is 38.5 Å². The van der Waals surface area contributed by atoms with Crippen molar-refractivity contribution in [1.29, 1.82) is 0 Å². The van der Waals surface area contributed by atoms with Crippen molar-refractivity contribution < 1.29 is 47.8 Å². The Kier molecular flexibility index (Phi) is 34.2. The molecule has 290 valence electrons. The summed E-state index contributed by atoms with van der Waals surface area (Å²) < 4.78 is 32.6. The number of unbranched alkanes of at least 4 members (excludes halogenated alkanes) is 21. The Balaban J connectivity index is 4.33. The van der Waals surface area contributed by atoms with E-state index in [1.54, 1.807) is 0 Å². The van der Waals surface area contributed by atoms with E-state index in [0.29, 0.717) is 12.8 Å². The first-order valence-electron chi connectivity index (χ1n) is 19.6. The Labute approximate surface area is 298 Å². The molecule has 11 heteroatoms. The van der Waals surface area contributed by atoms with Gasteiger partial charge < -0.3 is 24.6 Å². The van der Waals surface area contributed by atoms with Crippen LogP contribution in [0, 0.1) is 0 Å². The molecule has 0 aliphatic rings. The predicted molar refractivity (Wildman–Crippen MR) is 196 cm³/mol. The van der Waals surface area contributed by atoms with E-state index < -0.39 is 51.8 Å². The molecular weight excluding hydrogens is 647 g/mol. The van der Waals surface area contributed by atoms with Crippen molar-refractivity contribution in [3.63, 3.8) is 0 Å². The van der Waals surface area contributed by atoms with E-state index in [9.17, 15) is 24.2 Å². The van der Waals surface area contributed by atoms with E-state index in [1.165, 1.54) is 89.9 Å². The van der Waals surface area contributed by atoms with Crippen molar-refractivity contribution in [3.8, 4) is 0 Å². The van der Waals surface area contributed by atoms with E-state index in [-0.39, 0.29) is 19.4 Å². The number of phosphoric ester groups is 1. The quantitative estimate of drug-likeness (QED) is 0.0245. The first-order chi connectivity index (χ1) is 23.7. The zero-order chi connectivity index (χ0) is 36.3. The van der Waals surface area contributed by atoms with Crippen LogP contribution in [0.25, 0.3) is 0 Å². The molecule has 0 aromatic rings. The highest BCUT2D eigenvalue weighted by atomic mass is 31.2. The number of hydrogen-bond acceptors (Lipinski definition) is 9. The third-order valence-electron chi connectivity index (χ3n) is 8.42. The standard InChI is InChI=1S/C38H73O10P/c1-3-5-7-9-11-13-15-16-17-18-20-21-23-25-27-29-37(41)45-33-36(34-47-49(43,44)46-32-35(40)31-39)48-38(42)30-28-26-24-22-19-14-12-10-8-6-4-2/h16-17,35-36,39-40H,3-15,18-34H2,1-2H3,(H,43,44)/b17-16-/t35-,36+/m0/s1. The molecular formula is C38H73O10P. The van der Waals surface area contributed by atoms with Gasteiger partial charge in [0.2, 0.25) is 0 Å². The Morgan fingerprint density at radius 3 is 1.47 bits per heavy atom. The number of ether oxygens (including phenoxy) is 2. The first-order valence-corrected chi connectivity index (χ1v) is 21.1. The van der Waals surface area contributed by atoms with Crippen molar-refractivity contribution in [2.45, 2.75) is 193 Å². The van der Waals surface area contributed by atoms with E-state index in [4.69, 9.17) is 19.1 Å². The molecule has 0 amide bonds. The molecule has 0 heterocycles. The van der Waals surface area contributed by atoms with Crippen LogP contribution < -0.4 is 0 Å². The fraction of sp³-hybridized carbons (Fsp3) is 0.895. The number of esters is 2. The number of carbonyl (C=O) groups is 2. The fourth-order valence-electron chi connectivity index (χ4n) is 5.34. The summed E-state index contributed by atoms with van der Waals surface area (Å²) in [6, 6.07) is 0. The predicted octanol–water partition coefficient (Wildman–Crippen LogP) is 9.67. The summed E-state index contributed by atoms with van der Waals surface area (Å²) in [5.74, 6) is -0.930. The van der Waals surface area contributed by atoms with Crippen LogP contribution in [0.1, 0.15) is 181 Å². The van der Waals surface area contributed by atoms with Gasteiger partial charge in [0, 0.05) is 12.8 Å². The molecule has 3 N–H and O–H groups in total. The first kappa shape index (κ1) is 47.7. The zero-order valence-corrected chi connectivity index (χ0v) is 32.1. The van der Waals surface area contributed by atoms with Crippen LogP contribution in [0.15, 0.2) is 12.2 Å². The van der Waals surface area contributed by atoms with Gasteiger partial charge in [0.15, 0.2) is 6.10 Å². The lowest BCUT2D eigenvalue weighted by Crippen LogP contribution is -2.29. The van der Waals surface area contributed by atoms with E-state index in [1.807, 2.05) is 0 Å². The highest BCUT2D eigenvalue weighted by Gasteiger charge is 2.27. The number of aliphatic hydroxyl groups is 2. The smallest absolute Gasteiger partial charge is 0.462 e. The van der Waals surface area contributed by atoms with Crippen molar-refractivity contribution in [2.75, 3.05) is 26.4 Å². The van der Waals surface area contributed by atoms with Crippen LogP contribution in [-0.2, 0) is 32.7 Å². The van der Waals surface area contributed by atoms with Crippen LogP contribution in [0.2, 0.25) is 0 Å². The summed E-state index contributed by atoms with van der Waals surface area (Å²) in [7, 11) is -4.61. The number of phosphoric acid groups is 1. The Bertz CT molecular complexity index is 837. The molecule has 10 nitrogen and oxygen atoms in total. The lowest BCUT2D eigenvalue weighted by molar-refractivity contribution is -0.161. The minimum absolute atomic E-state index is 0.187. The maximum Gasteiger partial charge on any atom is 0.472 e. The lowest BCUT2D eigenvalue weighted by atomic mass is 10.1. The number of aliphatic hydroxyl groups excluding tert-OH is 2. The molecule has 0 rings (SSSR count). The highest BCUT2D eigenvalue weighted by Crippen LogP contribution is 2.43. The van der Waals surface area contributed by atoms with Gasteiger partial charge in [-0.1, -0.05) is 142 Å².